The Morgan fingerprint density at radius 2 is 1.94 bits per heavy atom. The molecule has 0 spiro atoms. The van der Waals surface area contributed by atoms with E-state index in [9.17, 15) is 4.79 Å². The van der Waals surface area contributed by atoms with Crippen molar-refractivity contribution in [3.63, 3.8) is 0 Å². The lowest BCUT2D eigenvalue weighted by Crippen LogP contribution is -2.44. The van der Waals surface area contributed by atoms with Crippen LogP contribution in [0.1, 0.15) is 59.3 Å². The molecule has 0 bridgehead atoms. The number of hydrogen-bond acceptors (Lipinski definition) is 2. The maximum atomic E-state index is 12.4. The third kappa shape index (κ3) is 3.73. The van der Waals surface area contributed by atoms with Crippen LogP contribution in [-0.4, -0.2) is 11.9 Å². The minimum Gasteiger partial charge on any atom is -0.352 e. The minimum atomic E-state index is -0.155. The molecular weight excluding hydrogens is 212 g/mol. The van der Waals surface area contributed by atoms with Gasteiger partial charge in [0.05, 0.1) is 12.5 Å². The van der Waals surface area contributed by atoms with Gasteiger partial charge < -0.3 is 5.32 Å². The molecule has 3 heteroatoms. The highest BCUT2D eigenvalue weighted by atomic mass is 16.2. The second kappa shape index (κ2) is 6.05. The van der Waals surface area contributed by atoms with Crippen molar-refractivity contribution < 1.29 is 4.79 Å². The molecule has 0 aromatic heterocycles. The predicted octanol–water partition coefficient (Wildman–Crippen LogP) is 3.01. The van der Waals surface area contributed by atoms with E-state index in [1.807, 2.05) is 6.92 Å². The first-order valence-electron chi connectivity index (χ1n) is 6.68. The Kier molecular flexibility index (Phi) is 4.99. The lowest BCUT2D eigenvalue weighted by molar-refractivity contribution is -0.132. The van der Waals surface area contributed by atoms with Crippen LogP contribution < -0.4 is 5.32 Å². The Morgan fingerprint density at radius 3 is 2.41 bits per heavy atom. The second-order valence-electron chi connectivity index (χ2n) is 5.82. The van der Waals surface area contributed by atoms with Gasteiger partial charge in [0, 0.05) is 11.5 Å². The number of carbonyl (C=O) groups excluding carboxylic acids is 1. The Bertz CT molecular complexity index is 298. The number of nitriles is 1. The maximum Gasteiger partial charge on any atom is 0.226 e. The summed E-state index contributed by atoms with van der Waals surface area (Å²) in [5.41, 5.74) is -0.155. The van der Waals surface area contributed by atoms with E-state index >= 15 is 0 Å². The van der Waals surface area contributed by atoms with Crippen molar-refractivity contribution in [3.05, 3.63) is 0 Å². The van der Waals surface area contributed by atoms with E-state index in [0.717, 1.165) is 32.1 Å². The summed E-state index contributed by atoms with van der Waals surface area (Å²) in [7, 11) is 0. The summed E-state index contributed by atoms with van der Waals surface area (Å²) >= 11 is 0. The number of carbonyl (C=O) groups is 1. The van der Waals surface area contributed by atoms with Gasteiger partial charge in [-0.2, -0.15) is 5.26 Å². The molecule has 1 fully saturated rings. The zero-order valence-electron chi connectivity index (χ0n) is 11.3. The normalized spacial score (nSPS) is 19.9. The minimum absolute atomic E-state index is 0.0304. The summed E-state index contributed by atoms with van der Waals surface area (Å²) in [5, 5.41) is 11.6. The van der Waals surface area contributed by atoms with Gasteiger partial charge in [0.25, 0.3) is 0 Å². The van der Waals surface area contributed by atoms with E-state index < -0.39 is 0 Å². The second-order valence-corrected chi connectivity index (χ2v) is 5.82. The van der Waals surface area contributed by atoms with Gasteiger partial charge >= 0.3 is 0 Å². The lowest BCUT2D eigenvalue weighted by atomic mass is 9.77. The molecule has 0 radical (unpaired) electrons. The predicted molar refractivity (Wildman–Crippen MR) is 68.2 cm³/mol. The fraction of sp³-hybridized carbons (Fsp3) is 0.857. The van der Waals surface area contributed by atoms with Crippen LogP contribution in [0, 0.1) is 22.7 Å². The summed E-state index contributed by atoms with van der Waals surface area (Å²) < 4.78 is 0. The van der Waals surface area contributed by atoms with Gasteiger partial charge in [-0.3, -0.25) is 4.79 Å². The first kappa shape index (κ1) is 14.0. The molecule has 1 amide bonds. The van der Waals surface area contributed by atoms with E-state index in [4.69, 9.17) is 5.26 Å². The molecule has 1 unspecified atom stereocenters. The monoisotopic (exact) mass is 236 g/mol. The van der Waals surface area contributed by atoms with E-state index in [1.54, 1.807) is 0 Å². The fourth-order valence-corrected chi connectivity index (χ4v) is 2.92. The highest BCUT2D eigenvalue weighted by Gasteiger charge is 2.41. The molecule has 96 valence electrons. The molecule has 0 aromatic rings. The third-order valence-corrected chi connectivity index (χ3v) is 3.62. The zero-order valence-corrected chi connectivity index (χ0v) is 11.3. The van der Waals surface area contributed by atoms with Crippen LogP contribution in [0.2, 0.25) is 0 Å². The van der Waals surface area contributed by atoms with Crippen LogP contribution >= 0.6 is 0 Å². The Balaban J connectivity index is 2.64. The van der Waals surface area contributed by atoms with E-state index in [0.29, 0.717) is 12.3 Å². The van der Waals surface area contributed by atoms with Crippen LogP contribution in [-0.2, 0) is 4.79 Å². The highest BCUT2D eigenvalue weighted by molar-refractivity contribution is 5.83. The van der Waals surface area contributed by atoms with Crippen molar-refractivity contribution >= 4 is 5.91 Å². The molecule has 1 N–H and O–H groups in total. The largest absolute Gasteiger partial charge is 0.352 e. The zero-order chi connectivity index (χ0) is 12.9. The van der Waals surface area contributed by atoms with Crippen LogP contribution in [0.15, 0.2) is 0 Å². The van der Waals surface area contributed by atoms with Gasteiger partial charge in [-0.05, 0) is 32.1 Å². The van der Waals surface area contributed by atoms with Crippen molar-refractivity contribution in [2.45, 2.75) is 65.3 Å². The number of nitrogens with one attached hydrogen (secondary N) is 1. The first-order chi connectivity index (χ1) is 8.00. The molecule has 17 heavy (non-hydrogen) atoms. The third-order valence-electron chi connectivity index (χ3n) is 3.62. The Labute approximate surface area is 105 Å². The van der Waals surface area contributed by atoms with Crippen LogP contribution in [0.25, 0.3) is 0 Å². The number of amides is 1. The molecule has 0 aromatic carbocycles. The average Bonchev–Trinajstić information content (AvgIpc) is 2.66. The number of nitrogens with zero attached hydrogens (tertiary/aromatic N) is 1. The van der Waals surface area contributed by atoms with Crippen molar-refractivity contribution in [1.29, 1.82) is 5.26 Å². The average molecular weight is 236 g/mol. The lowest BCUT2D eigenvalue weighted by Gasteiger charge is -2.30. The van der Waals surface area contributed by atoms with Crippen molar-refractivity contribution in [1.82, 2.24) is 5.32 Å². The van der Waals surface area contributed by atoms with Gasteiger partial charge in [-0.15, -0.1) is 0 Å². The number of rotatable bonds is 5. The fourth-order valence-electron chi connectivity index (χ4n) is 2.92. The van der Waals surface area contributed by atoms with Crippen LogP contribution in [0.4, 0.5) is 0 Å². The van der Waals surface area contributed by atoms with E-state index in [-0.39, 0.29) is 17.4 Å². The summed E-state index contributed by atoms with van der Waals surface area (Å²) in [5.74, 6) is 0.719. The molecule has 0 heterocycles. The molecule has 1 rings (SSSR count). The molecule has 1 saturated carbocycles. The molecule has 1 atom stereocenters. The van der Waals surface area contributed by atoms with Crippen LogP contribution in [0.5, 0.6) is 0 Å². The summed E-state index contributed by atoms with van der Waals surface area (Å²) in [6.07, 6.45) is 5.70. The number of hydrogen-bond donors (Lipinski definition) is 1. The molecule has 0 aliphatic heterocycles. The van der Waals surface area contributed by atoms with Crippen LogP contribution in [0.3, 0.4) is 0 Å². The summed E-state index contributed by atoms with van der Waals surface area (Å²) in [4.78, 5) is 12.4. The van der Waals surface area contributed by atoms with Crippen molar-refractivity contribution in [3.8, 4) is 6.07 Å². The van der Waals surface area contributed by atoms with Gasteiger partial charge in [-0.25, -0.2) is 0 Å². The maximum absolute atomic E-state index is 12.4. The molecule has 1 aliphatic rings. The van der Waals surface area contributed by atoms with Gasteiger partial charge in [0.2, 0.25) is 5.91 Å². The van der Waals surface area contributed by atoms with Gasteiger partial charge in [0.1, 0.15) is 0 Å². The van der Waals surface area contributed by atoms with Gasteiger partial charge in [-0.1, -0.05) is 26.7 Å². The van der Waals surface area contributed by atoms with Crippen molar-refractivity contribution in [2.24, 2.45) is 11.3 Å². The quantitative estimate of drug-likeness (QED) is 0.797. The summed E-state index contributed by atoms with van der Waals surface area (Å²) in [6.45, 7) is 6.25. The molecular formula is C14H24N2O. The SMILES string of the molecule is CC(C)CC1(C(=O)NC(C)CC#N)CCCC1. The summed E-state index contributed by atoms with van der Waals surface area (Å²) in [6, 6.07) is 2.07. The van der Waals surface area contributed by atoms with E-state index in [1.165, 1.54) is 0 Å². The first-order valence-corrected chi connectivity index (χ1v) is 6.68. The topological polar surface area (TPSA) is 52.9 Å². The Hall–Kier alpha value is -1.04. The van der Waals surface area contributed by atoms with E-state index in [2.05, 4.69) is 25.2 Å². The molecule has 1 aliphatic carbocycles. The highest BCUT2D eigenvalue weighted by Crippen LogP contribution is 2.43. The van der Waals surface area contributed by atoms with Crippen molar-refractivity contribution in [2.75, 3.05) is 0 Å². The smallest absolute Gasteiger partial charge is 0.226 e. The molecule has 0 saturated heterocycles. The van der Waals surface area contributed by atoms with Gasteiger partial charge in [0.15, 0.2) is 0 Å². The Morgan fingerprint density at radius 1 is 1.35 bits per heavy atom. The molecule has 3 nitrogen and oxygen atoms in total. The standard InChI is InChI=1S/C14H24N2O/c1-11(2)10-14(7-4-5-8-14)13(17)16-12(3)6-9-15/h11-12H,4-8,10H2,1-3H3,(H,16,17).